The Hall–Kier alpha value is -3.14. The molecule has 168 valence electrons. The highest BCUT2D eigenvalue weighted by molar-refractivity contribution is 7.20. The molecular formula is C22H22F2N4O3S. The van der Waals surface area contributed by atoms with E-state index in [0.717, 1.165) is 42.7 Å². The second kappa shape index (κ2) is 8.78. The predicted molar refractivity (Wildman–Crippen MR) is 118 cm³/mol. The number of para-hydroxylation sites is 1. The Bertz CT molecular complexity index is 1250. The Morgan fingerprint density at radius 2 is 1.97 bits per heavy atom. The van der Waals surface area contributed by atoms with Gasteiger partial charge in [0.05, 0.1) is 16.6 Å². The van der Waals surface area contributed by atoms with E-state index in [0.29, 0.717) is 16.9 Å². The molecule has 0 radical (unpaired) electrons. The molecule has 1 aromatic carbocycles. The quantitative estimate of drug-likeness (QED) is 0.644. The van der Waals surface area contributed by atoms with Gasteiger partial charge in [-0.25, -0.2) is 13.8 Å². The van der Waals surface area contributed by atoms with Gasteiger partial charge < -0.3 is 10.2 Å². The van der Waals surface area contributed by atoms with Crippen molar-refractivity contribution in [1.82, 2.24) is 14.5 Å². The standard InChI is InChI=1S/C22H22F2N4O3S/c1-12-6-3-4-9-28(12)16(29)10-27-11-25-21-17(22(27)31)13(2)19(32-21)20(30)26-18-14(23)7-5-8-15(18)24/h5,7-8,11-12H,3-4,6,9-10H2,1-2H3,(H,26,30)/t12-/m1/s1. The molecule has 1 saturated heterocycles. The van der Waals surface area contributed by atoms with Crippen LogP contribution in [0.3, 0.4) is 0 Å². The van der Waals surface area contributed by atoms with Crippen LogP contribution in [0, 0.1) is 18.6 Å². The van der Waals surface area contributed by atoms with Gasteiger partial charge in [-0.1, -0.05) is 6.07 Å². The van der Waals surface area contributed by atoms with Gasteiger partial charge >= 0.3 is 0 Å². The first kappa shape index (κ1) is 22.1. The van der Waals surface area contributed by atoms with Gasteiger partial charge in [-0.2, -0.15) is 0 Å². The first-order chi connectivity index (χ1) is 15.3. The Kier molecular flexibility index (Phi) is 6.05. The first-order valence-electron chi connectivity index (χ1n) is 10.3. The molecule has 1 atom stereocenters. The van der Waals surface area contributed by atoms with E-state index in [1.54, 1.807) is 11.8 Å². The molecule has 1 N–H and O–H groups in total. The van der Waals surface area contributed by atoms with Gasteiger partial charge in [-0.05, 0) is 50.8 Å². The Balaban J connectivity index is 1.63. The number of hydrogen-bond acceptors (Lipinski definition) is 5. The van der Waals surface area contributed by atoms with Gasteiger partial charge in [0, 0.05) is 12.6 Å². The van der Waals surface area contributed by atoms with Crippen LogP contribution in [0.1, 0.15) is 41.4 Å². The van der Waals surface area contributed by atoms with Crippen LogP contribution in [0.2, 0.25) is 0 Å². The number of aromatic nitrogens is 2. The van der Waals surface area contributed by atoms with Crippen LogP contribution in [-0.2, 0) is 11.3 Å². The van der Waals surface area contributed by atoms with Crippen molar-refractivity contribution in [3.05, 3.63) is 57.0 Å². The Labute approximate surface area is 186 Å². The number of piperidine rings is 1. The van der Waals surface area contributed by atoms with Crippen molar-refractivity contribution < 1.29 is 18.4 Å². The maximum atomic E-state index is 13.9. The highest BCUT2D eigenvalue weighted by Crippen LogP contribution is 2.28. The lowest BCUT2D eigenvalue weighted by Crippen LogP contribution is -2.44. The maximum absolute atomic E-state index is 13.9. The van der Waals surface area contributed by atoms with E-state index in [4.69, 9.17) is 0 Å². The summed E-state index contributed by atoms with van der Waals surface area (Å²) < 4.78 is 29.0. The monoisotopic (exact) mass is 460 g/mol. The second-order valence-corrected chi connectivity index (χ2v) is 8.90. The number of nitrogens with one attached hydrogen (secondary N) is 1. The molecule has 1 fully saturated rings. The van der Waals surface area contributed by atoms with Gasteiger partial charge in [0.2, 0.25) is 5.91 Å². The van der Waals surface area contributed by atoms with Gasteiger partial charge in [0.15, 0.2) is 0 Å². The topological polar surface area (TPSA) is 84.3 Å². The SMILES string of the molecule is Cc1c(C(=O)Nc2c(F)cccc2F)sc2ncn(CC(=O)N3CCCC[C@H]3C)c(=O)c12. The number of rotatable bonds is 4. The highest BCUT2D eigenvalue weighted by atomic mass is 32.1. The van der Waals surface area contributed by atoms with Crippen LogP contribution in [0.4, 0.5) is 14.5 Å². The Morgan fingerprint density at radius 1 is 1.25 bits per heavy atom. The van der Waals surface area contributed by atoms with Crippen molar-refractivity contribution in [2.45, 2.75) is 45.7 Å². The van der Waals surface area contributed by atoms with E-state index < -0.39 is 28.8 Å². The number of amides is 2. The maximum Gasteiger partial charge on any atom is 0.266 e. The van der Waals surface area contributed by atoms with E-state index in [1.165, 1.54) is 17.0 Å². The third-order valence-electron chi connectivity index (χ3n) is 5.75. The number of hydrogen-bond donors (Lipinski definition) is 1. The summed E-state index contributed by atoms with van der Waals surface area (Å²) in [7, 11) is 0. The lowest BCUT2D eigenvalue weighted by molar-refractivity contribution is -0.135. The number of likely N-dealkylation sites (tertiary alicyclic amines) is 1. The van der Waals surface area contributed by atoms with Crippen LogP contribution in [-0.4, -0.2) is 38.9 Å². The fourth-order valence-corrected chi connectivity index (χ4v) is 5.02. The zero-order chi connectivity index (χ0) is 23.0. The number of fused-ring (bicyclic) bond motifs is 1. The van der Waals surface area contributed by atoms with Crippen molar-refractivity contribution in [2.24, 2.45) is 0 Å². The van der Waals surface area contributed by atoms with Crippen LogP contribution in [0.15, 0.2) is 29.3 Å². The predicted octanol–water partition coefficient (Wildman–Crippen LogP) is 3.70. The van der Waals surface area contributed by atoms with E-state index in [-0.39, 0.29) is 28.8 Å². The fourth-order valence-electron chi connectivity index (χ4n) is 3.98. The minimum absolute atomic E-state index is 0.126. The average molecular weight is 461 g/mol. The molecular weight excluding hydrogens is 438 g/mol. The molecule has 3 heterocycles. The average Bonchev–Trinajstić information content (AvgIpc) is 3.10. The number of anilines is 1. The minimum Gasteiger partial charge on any atom is -0.338 e. The van der Waals surface area contributed by atoms with Crippen LogP contribution >= 0.6 is 11.3 Å². The van der Waals surface area contributed by atoms with Crippen LogP contribution in [0.5, 0.6) is 0 Å². The van der Waals surface area contributed by atoms with Crippen molar-refractivity contribution >= 4 is 39.1 Å². The molecule has 3 aromatic rings. The number of nitrogens with zero attached hydrogens (tertiary/aromatic N) is 3. The normalized spacial score (nSPS) is 16.4. The van der Waals surface area contributed by atoms with E-state index in [1.807, 2.05) is 6.92 Å². The zero-order valence-corrected chi connectivity index (χ0v) is 18.5. The van der Waals surface area contributed by atoms with Crippen LogP contribution < -0.4 is 10.9 Å². The van der Waals surface area contributed by atoms with E-state index in [9.17, 15) is 23.2 Å². The molecule has 32 heavy (non-hydrogen) atoms. The van der Waals surface area contributed by atoms with E-state index in [2.05, 4.69) is 10.3 Å². The summed E-state index contributed by atoms with van der Waals surface area (Å²) in [6, 6.07) is 3.40. The molecule has 2 amide bonds. The van der Waals surface area contributed by atoms with Crippen molar-refractivity contribution in [2.75, 3.05) is 11.9 Å². The number of thiophene rings is 1. The minimum atomic E-state index is -0.900. The number of halogens is 2. The molecule has 10 heteroatoms. The number of carbonyl (C=O) groups excluding carboxylic acids is 2. The van der Waals surface area contributed by atoms with Gasteiger partial charge in [0.1, 0.15) is 28.7 Å². The van der Waals surface area contributed by atoms with E-state index >= 15 is 0 Å². The largest absolute Gasteiger partial charge is 0.338 e. The van der Waals surface area contributed by atoms with Crippen LogP contribution in [0.25, 0.3) is 10.2 Å². The summed E-state index contributed by atoms with van der Waals surface area (Å²) in [5.41, 5.74) is -0.635. The molecule has 2 aromatic heterocycles. The summed E-state index contributed by atoms with van der Waals surface area (Å²) in [5, 5.41) is 2.45. The molecule has 0 aliphatic carbocycles. The van der Waals surface area contributed by atoms with Crippen molar-refractivity contribution in [3.63, 3.8) is 0 Å². The molecule has 1 aliphatic heterocycles. The molecule has 0 saturated carbocycles. The van der Waals surface area contributed by atoms with Gasteiger partial charge in [-0.3, -0.25) is 19.0 Å². The Morgan fingerprint density at radius 3 is 2.66 bits per heavy atom. The summed E-state index contributed by atoms with van der Waals surface area (Å²) in [6.45, 7) is 4.10. The lowest BCUT2D eigenvalue weighted by atomic mass is 10.0. The smallest absolute Gasteiger partial charge is 0.266 e. The molecule has 0 spiro atoms. The van der Waals surface area contributed by atoms with Gasteiger partial charge in [-0.15, -0.1) is 11.3 Å². The fraction of sp³-hybridized carbons (Fsp3) is 0.364. The molecule has 4 rings (SSSR count). The molecule has 1 aliphatic rings. The molecule has 7 nitrogen and oxygen atoms in total. The first-order valence-corrected chi connectivity index (χ1v) is 11.1. The lowest BCUT2D eigenvalue weighted by Gasteiger charge is -2.33. The summed E-state index contributed by atoms with van der Waals surface area (Å²) in [5.74, 6) is -2.69. The van der Waals surface area contributed by atoms with Crippen molar-refractivity contribution in [1.29, 1.82) is 0 Å². The number of benzene rings is 1. The van der Waals surface area contributed by atoms with Gasteiger partial charge in [0.25, 0.3) is 11.5 Å². The summed E-state index contributed by atoms with van der Waals surface area (Å²) >= 11 is 0.956. The number of carbonyl (C=O) groups is 2. The second-order valence-electron chi connectivity index (χ2n) is 7.90. The molecule has 0 bridgehead atoms. The number of aryl methyl sites for hydroxylation is 1. The van der Waals surface area contributed by atoms with Crippen molar-refractivity contribution in [3.8, 4) is 0 Å². The summed E-state index contributed by atoms with van der Waals surface area (Å²) in [4.78, 5) is 45.0. The summed E-state index contributed by atoms with van der Waals surface area (Å²) in [6.07, 6.45) is 4.25. The highest BCUT2D eigenvalue weighted by Gasteiger charge is 2.25. The third kappa shape index (κ3) is 4.02. The zero-order valence-electron chi connectivity index (χ0n) is 17.7. The third-order valence-corrected chi connectivity index (χ3v) is 6.95. The molecule has 0 unspecified atom stereocenters.